The number of esters is 1. The molecular weight excluding hydrogens is 411 g/mol. The first-order valence-corrected chi connectivity index (χ1v) is 8.94. The lowest BCUT2D eigenvalue weighted by Crippen LogP contribution is -2.12. The summed E-state index contributed by atoms with van der Waals surface area (Å²) in [6.45, 7) is 4.01. The van der Waals surface area contributed by atoms with E-state index in [2.05, 4.69) is 21.9 Å². The molecule has 2 unspecified atom stereocenters. The maximum Gasteiger partial charge on any atom is 0.310 e. The molecule has 0 N–H and O–H groups in total. The first kappa shape index (κ1) is 19.1. The number of ether oxygens (including phenoxy) is 1. The summed E-state index contributed by atoms with van der Waals surface area (Å²) in [5, 5.41) is 0. The Bertz CT molecular complexity index is 725. The molecule has 126 valence electrons. The third-order valence-corrected chi connectivity index (χ3v) is 5.48. The van der Waals surface area contributed by atoms with Gasteiger partial charge in [0.25, 0.3) is 0 Å². The molecule has 0 amide bonds. The highest BCUT2D eigenvalue weighted by atomic mass is 79.9. The van der Waals surface area contributed by atoms with Gasteiger partial charge in [-0.25, -0.2) is 0 Å². The average molecular weight is 428 g/mol. The summed E-state index contributed by atoms with van der Waals surface area (Å²) in [6.07, 6.45) is 7.25. The molecule has 2 nitrogen and oxygen atoms in total. The number of benzene rings is 1. The standard InChI is InChI=1S/C19H17BrCl2O2/c1-4-12(17(20)13-8-6-5-7-9-13)11-24-18(23)16-14(10-15(21)22)19(16,2)3/h1,5-10,14,16H,11H2,2-3H3. The van der Waals surface area contributed by atoms with Gasteiger partial charge in [0.1, 0.15) is 11.1 Å². The van der Waals surface area contributed by atoms with Crippen LogP contribution in [0.25, 0.3) is 4.48 Å². The second-order valence-electron chi connectivity index (χ2n) is 6.19. The van der Waals surface area contributed by atoms with Gasteiger partial charge in [-0.2, -0.15) is 0 Å². The molecule has 1 aliphatic rings. The summed E-state index contributed by atoms with van der Waals surface area (Å²) < 4.78 is 6.33. The van der Waals surface area contributed by atoms with Crippen molar-refractivity contribution in [1.82, 2.24) is 0 Å². The highest BCUT2D eigenvalue weighted by Crippen LogP contribution is 2.60. The first-order valence-electron chi connectivity index (χ1n) is 7.39. The molecule has 1 saturated carbocycles. The normalized spacial score (nSPS) is 22.0. The summed E-state index contributed by atoms with van der Waals surface area (Å²) in [5.74, 6) is 2.00. The van der Waals surface area contributed by atoms with Gasteiger partial charge in [0, 0.05) is 4.48 Å². The molecule has 1 aromatic carbocycles. The first-order chi connectivity index (χ1) is 11.3. The van der Waals surface area contributed by atoms with Crippen molar-refractivity contribution in [2.45, 2.75) is 13.8 Å². The maximum absolute atomic E-state index is 12.3. The SMILES string of the molecule is C#CC(COC(=O)C1C(C=C(Cl)Cl)C1(C)C)=C(Br)c1ccccc1. The minimum Gasteiger partial charge on any atom is -0.460 e. The van der Waals surface area contributed by atoms with Crippen molar-refractivity contribution in [3.63, 3.8) is 0 Å². The molecule has 0 saturated heterocycles. The van der Waals surface area contributed by atoms with Crippen molar-refractivity contribution in [1.29, 1.82) is 0 Å². The number of allylic oxidation sites excluding steroid dienone is 1. The van der Waals surface area contributed by atoms with Crippen molar-refractivity contribution in [3.05, 3.63) is 52.0 Å². The summed E-state index contributed by atoms with van der Waals surface area (Å²) in [5.41, 5.74) is 1.29. The summed E-state index contributed by atoms with van der Waals surface area (Å²) in [7, 11) is 0. The van der Waals surface area contributed by atoms with E-state index in [1.165, 1.54) is 0 Å². The lowest BCUT2D eigenvalue weighted by atomic mass is 10.1. The van der Waals surface area contributed by atoms with Crippen molar-refractivity contribution in [2.24, 2.45) is 17.3 Å². The van der Waals surface area contributed by atoms with Gasteiger partial charge in [-0.1, -0.05) is 73.3 Å². The molecule has 2 rings (SSSR count). The van der Waals surface area contributed by atoms with E-state index in [0.717, 1.165) is 10.0 Å². The number of hydrogen-bond acceptors (Lipinski definition) is 2. The Labute approximate surface area is 161 Å². The van der Waals surface area contributed by atoms with Crippen LogP contribution in [0.2, 0.25) is 0 Å². The quantitative estimate of drug-likeness (QED) is 0.454. The Kier molecular flexibility index (Phi) is 6.20. The summed E-state index contributed by atoms with van der Waals surface area (Å²) in [6, 6.07) is 9.60. The molecule has 0 heterocycles. The Hall–Kier alpha value is -1.21. The fourth-order valence-electron chi connectivity index (χ4n) is 2.73. The molecule has 5 heteroatoms. The van der Waals surface area contributed by atoms with Crippen LogP contribution in [0.15, 0.2) is 46.5 Å². The number of terminal acetylenes is 1. The summed E-state index contributed by atoms with van der Waals surface area (Å²) in [4.78, 5) is 12.3. The predicted octanol–water partition coefficient (Wildman–Crippen LogP) is 5.56. The molecule has 1 aliphatic carbocycles. The molecule has 0 bridgehead atoms. The van der Waals surface area contributed by atoms with Crippen LogP contribution in [0.3, 0.4) is 0 Å². The number of carbonyl (C=O) groups excluding carboxylic acids is 1. The minimum absolute atomic E-state index is 0.0224. The highest BCUT2D eigenvalue weighted by Gasteiger charge is 2.61. The van der Waals surface area contributed by atoms with Crippen LogP contribution >= 0.6 is 39.1 Å². The van der Waals surface area contributed by atoms with Crippen LogP contribution in [0.4, 0.5) is 0 Å². The van der Waals surface area contributed by atoms with Crippen molar-refractivity contribution in [2.75, 3.05) is 6.61 Å². The Balaban J connectivity index is 2.06. The maximum atomic E-state index is 12.3. The van der Waals surface area contributed by atoms with Crippen LogP contribution in [0.1, 0.15) is 19.4 Å². The van der Waals surface area contributed by atoms with E-state index in [4.69, 9.17) is 34.4 Å². The third-order valence-electron chi connectivity index (χ3n) is 4.30. The van der Waals surface area contributed by atoms with E-state index in [1.54, 1.807) is 6.08 Å². The number of carbonyl (C=O) groups is 1. The van der Waals surface area contributed by atoms with Gasteiger partial charge < -0.3 is 4.74 Å². The van der Waals surface area contributed by atoms with Gasteiger partial charge >= 0.3 is 5.97 Å². The topological polar surface area (TPSA) is 26.3 Å². The lowest BCUT2D eigenvalue weighted by Gasteiger charge is -2.08. The average Bonchev–Trinajstić information content (AvgIpc) is 3.08. The van der Waals surface area contributed by atoms with E-state index in [9.17, 15) is 4.79 Å². The Morgan fingerprint density at radius 3 is 2.54 bits per heavy atom. The van der Waals surface area contributed by atoms with Crippen LogP contribution in [0, 0.1) is 29.6 Å². The molecule has 24 heavy (non-hydrogen) atoms. The Morgan fingerprint density at radius 1 is 1.38 bits per heavy atom. The fraction of sp³-hybridized carbons (Fsp3) is 0.316. The van der Waals surface area contributed by atoms with E-state index in [1.807, 2.05) is 44.2 Å². The zero-order chi connectivity index (χ0) is 17.9. The molecule has 0 radical (unpaired) electrons. The van der Waals surface area contributed by atoms with Gasteiger partial charge in [-0.05, 0) is 38.9 Å². The van der Waals surface area contributed by atoms with E-state index in [-0.39, 0.29) is 34.3 Å². The predicted molar refractivity (Wildman–Crippen MR) is 103 cm³/mol. The second kappa shape index (κ2) is 7.78. The largest absolute Gasteiger partial charge is 0.460 e. The minimum atomic E-state index is -0.294. The molecular formula is C19H17BrCl2O2. The Morgan fingerprint density at radius 2 is 2.00 bits per heavy atom. The zero-order valence-corrected chi connectivity index (χ0v) is 16.5. The molecule has 0 aliphatic heterocycles. The lowest BCUT2D eigenvalue weighted by molar-refractivity contribution is -0.145. The van der Waals surface area contributed by atoms with Crippen LogP contribution in [-0.4, -0.2) is 12.6 Å². The smallest absolute Gasteiger partial charge is 0.310 e. The third kappa shape index (κ3) is 4.25. The molecule has 2 atom stereocenters. The van der Waals surface area contributed by atoms with Crippen LogP contribution in [-0.2, 0) is 9.53 Å². The van der Waals surface area contributed by atoms with E-state index >= 15 is 0 Å². The van der Waals surface area contributed by atoms with Gasteiger partial charge in [0.05, 0.1) is 11.5 Å². The molecule has 1 fully saturated rings. The van der Waals surface area contributed by atoms with Crippen LogP contribution in [0.5, 0.6) is 0 Å². The van der Waals surface area contributed by atoms with Gasteiger partial charge in [-0.3, -0.25) is 4.79 Å². The molecule has 0 aromatic heterocycles. The van der Waals surface area contributed by atoms with Gasteiger partial charge in [0.15, 0.2) is 0 Å². The number of halogens is 3. The highest BCUT2D eigenvalue weighted by molar-refractivity contribution is 9.15. The van der Waals surface area contributed by atoms with Crippen molar-refractivity contribution >= 4 is 49.6 Å². The number of rotatable bonds is 5. The fourth-order valence-corrected chi connectivity index (χ4v) is 3.50. The molecule has 0 spiro atoms. The van der Waals surface area contributed by atoms with Gasteiger partial charge in [0.2, 0.25) is 0 Å². The summed E-state index contributed by atoms with van der Waals surface area (Å²) >= 11 is 14.9. The van der Waals surface area contributed by atoms with Gasteiger partial charge in [-0.15, -0.1) is 6.42 Å². The molecule has 1 aromatic rings. The van der Waals surface area contributed by atoms with E-state index in [0.29, 0.717) is 5.57 Å². The van der Waals surface area contributed by atoms with E-state index < -0.39 is 0 Å². The van der Waals surface area contributed by atoms with Crippen molar-refractivity contribution < 1.29 is 9.53 Å². The monoisotopic (exact) mass is 426 g/mol. The van der Waals surface area contributed by atoms with Crippen LogP contribution < -0.4 is 0 Å². The second-order valence-corrected chi connectivity index (χ2v) is 7.99. The van der Waals surface area contributed by atoms with Crippen molar-refractivity contribution in [3.8, 4) is 12.3 Å². The zero-order valence-electron chi connectivity index (χ0n) is 13.4. The number of hydrogen-bond donors (Lipinski definition) is 0.